The third-order valence-corrected chi connectivity index (χ3v) is 4.80. The second-order valence-electron chi connectivity index (χ2n) is 6.54. The van der Waals surface area contributed by atoms with Crippen molar-refractivity contribution in [3.8, 4) is 5.75 Å². The van der Waals surface area contributed by atoms with Gasteiger partial charge < -0.3 is 19.4 Å². The highest BCUT2D eigenvalue weighted by atomic mass is 16.5. The second kappa shape index (κ2) is 7.25. The summed E-state index contributed by atoms with van der Waals surface area (Å²) in [5, 5.41) is 2.93. The highest BCUT2D eigenvalue weighted by Crippen LogP contribution is 2.28. The quantitative estimate of drug-likeness (QED) is 0.767. The number of nitrogens with zero attached hydrogens (tertiary/aromatic N) is 2. The second-order valence-corrected chi connectivity index (χ2v) is 6.54. The molecule has 1 amide bonds. The van der Waals surface area contributed by atoms with Crippen molar-refractivity contribution in [2.24, 2.45) is 0 Å². The molecule has 6 heteroatoms. The van der Waals surface area contributed by atoms with Crippen molar-refractivity contribution < 1.29 is 14.3 Å². The molecule has 6 nitrogen and oxygen atoms in total. The fourth-order valence-electron chi connectivity index (χ4n) is 3.27. The number of benzene rings is 2. The Kier molecular flexibility index (Phi) is 4.64. The van der Waals surface area contributed by atoms with E-state index < -0.39 is 0 Å². The number of imidazole rings is 1. The largest absolute Gasteiger partial charge is 0.497 e. The van der Waals surface area contributed by atoms with E-state index in [2.05, 4.69) is 10.3 Å². The zero-order valence-electron chi connectivity index (χ0n) is 15.3. The van der Waals surface area contributed by atoms with Crippen LogP contribution in [0.25, 0.3) is 0 Å². The Hall–Kier alpha value is -3.12. The van der Waals surface area contributed by atoms with Crippen LogP contribution in [0.5, 0.6) is 5.75 Å². The number of aryl methyl sites for hydroxylation is 1. The SMILES string of the molecule is COc1ccc(NC(=O)c2ncn3c2CO[C@@H](c2ccccc2)C3)c(C)c1. The van der Waals surface area contributed by atoms with E-state index in [1.54, 1.807) is 13.4 Å². The number of carbonyl (C=O) groups excluding carboxylic acids is 1. The van der Waals surface area contributed by atoms with Crippen molar-refractivity contribution in [3.05, 3.63) is 77.4 Å². The molecule has 4 rings (SSSR count). The molecule has 0 spiro atoms. The molecular weight excluding hydrogens is 342 g/mol. The number of rotatable bonds is 4. The van der Waals surface area contributed by atoms with Crippen LogP contribution in [0.4, 0.5) is 5.69 Å². The summed E-state index contributed by atoms with van der Waals surface area (Å²) in [5.41, 5.74) is 3.98. The van der Waals surface area contributed by atoms with Gasteiger partial charge in [-0.1, -0.05) is 30.3 Å². The van der Waals surface area contributed by atoms with Gasteiger partial charge in [0.05, 0.1) is 32.3 Å². The van der Waals surface area contributed by atoms with Gasteiger partial charge in [-0.2, -0.15) is 0 Å². The maximum absolute atomic E-state index is 12.7. The van der Waals surface area contributed by atoms with Gasteiger partial charge in [-0.05, 0) is 36.2 Å². The Morgan fingerprint density at radius 3 is 2.81 bits per heavy atom. The van der Waals surface area contributed by atoms with E-state index in [4.69, 9.17) is 9.47 Å². The van der Waals surface area contributed by atoms with Crippen molar-refractivity contribution in [1.82, 2.24) is 9.55 Å². The number of anilines is 1. The Bertz CT molecular complexity index is 966. The molecule has 2 aromatic carbocycles. The van der Waals surface area contributed by atoms with E-state index in [0.29, 0.717) is 18.8 Å². The van der Waals surface area contributed by atoms with Crippen molar-refractivity contribution in [3.63, 3.8) is 0 Å². The third kappa shape index (κ3) is 3.44. The number of hydrogen-bond donors (Lipinski definition) is 1. The molecule has 0 aliphatic carbocycles. The van der Waals surface area contributed by atoms with E-state index in [-0.39, 0.29) is 12.0 Å². The van der Waals surface area contributed by atoms with Crippen molar-refractivity contribution in [1.29, 1.82) is 0 Å². The number of amides is 1. The van der Waals surface area contributed by atoms with Gasteiger partial charge in [-0.25, -0.2) is 4.98 Å². The molecule has 0 radical (unpaired) electrons. The van der Waals surface area contributed by atoms with Crippen molar-refractivity contribution in [2.45, 2.75) is 26.2 Å². The molecule has 2 heterocycles. The zero-order valence-corrected chi connectivity index (χ0v) is 15.3. The number of aromatic nitrogens is 2. The molecule has 1 aliphatic rings. The van der Waals surface area contributed by atoms with Gasteiger partial charge in [-0.15, -0.1) is 0 Å². The van der Waals surface area contributed by atoms with Crippen molar-refractivity contribution in [2.75, 3.05) is 12.4 Å². The molecule has 1 N–H and O–H groups in total. The summed E-state index contributed by atoms with van der Waals surface area (Å²) < 4.78 is 13.2. The molecule has 0 saturated carbocycles. The maximum atomic E-state index is 12.7. The molecule has 0 saturated heterocycles. The highest BCUT2D eigenvalue weighted by molar-refractivity contribution is 6.04. The molecule has 1 atom stereocenters. The van der Waals surface area contributed by atoms with E-state index in [0.717, 1.165) is 28.3 Å². The van der Waals surface area contributed by atoms with Gasteiger partial charge in [0.2, 0.25) is 0 Å². The topological polar surface area (TPSA) is 65.4 Å². The fraction of sp³-hybridized carbons (Fsp3) is 0.238. The standard InChI is InChI=1S/C21H21N3O3/c1-14-10-16(26-2)8-9-17(14)23-21(25)20-18-12-27-19(11-24(18)13-22-20)15-6-4-3-5-7-15/h3-10,13,19H,11-12H2,1-2H3,(H,23,25)/t19-/m1/s1. The summed E-state index contributed by atoms with van der Waals surface area (Å²) in [4.78, 5) is 17.1. The fourth-order valence-corrected chi connectivity index (χ4v) is 3.27. The first kappa shape index (κ1) is 17.3. The molecule has 27 heavy (non-hydrogen) atoms. The van der Waals surface area contributed by atoms with Crippen LogP contribution in [0.1, 0.15) is 33.4 Å². The summed E-state index contributed by atoms with van der Waals surface area (Å²) >= 11 is 0. The third-order valence-electron chi connectivity index (χ3n) is 4.80. The molecule has 1 aromatic heterocycles. The van der Waals surface area contributed by atoms with Gasteiger partial charge in [0.25, 0.3) is 5.91 Å². The van der Waals surface area contributed by atoms with Crippen molar-refractivity contribution >= 4 is 11.6 Å². The lowest BCUT2D eigenvalue weighted by atomic mass is 10.1. The molecule has 1 aliphatic heterocycles. The average molecular weight is 363 g/mol. The van der Waals surface area contributed by atoms with Gasteiger partial charge in [0.15, 0.2) is 5.69 Å². The number of ether oxygens (including phenoxy) is 2. The number of fused-ring (bicyclic) bond motifs is 1. The van der Waals surface area contributed by atoms with Crippen LogP contribution in [0, 0.1) is 6.92 Å². The van der Waals surface area contributed by atoms with Gasteiger partial charge in [0, 0.05) is 5.69 Å². The Labute approximate surface area is 157 Å². The average Bonchev–Trinajstić information content (AvgIpc) is 3.13. The summed E-state index contributed by atoms with van der Waals surface area (Å²) in [7, 11) is 1.62. The molecule has 0 fully saturated rings. The minimum atomic E-state index is -0.237. The number of nitrogens with one attached hydrogen (secondary N) is 1. The smallest absolute Gasteiger partial charge is 0.276 e. The summed E-state index contributed by atoms with van der Waals surface area (Å²) in [6, 6.07) is 15.6. The lowest BCUT2D eigenvalue weighted by Crippen LogP contribution is -2.23. The first-order valence-electron chi connectivity index (χ1n) is 8.82. The maximum Gasteiger partial charge on any atom is 0.276 e. The molecule has 0 unspecified atom stereocenters. The number of methoxy groups -OCH3 is 1. The highest BCUT2D eigenvalue weighted by Gasteiger charge is 2.26. The van der Waals surface area contributed by atoms with Gasteiger partial charge in [0.1, 0.15) is 11.9 Å². The molecule has 3 aromatic rings. The molecule has 138 valence electrons. The number of hydrogen-bond acceptors (Lipinski definition) is 4. The lowest BCUT2D eigenvalue weighted by Gasteiger charge is -2.25. The minimum Gasteiger partial charge on any atom is -0.497 e. The Balaban J connectivity index is 1.52. The minimum absolute atomic E-state index is 0.0346. The summed E-state index contributed by atoms with van der Waals surface area (Å²) in [6.07, 6.45) is 1.68. The summed E-state index contributed by atoms with van der Waals surface area (Å²) in [5.74, 6) is 0.518. The van der Waals surface area contributed by atoms with Crippen LogP contribution >= 0.6 is 0 Å². The van der Waals surface area contributed by atoms with Gasteiger partial charge in [-0.3, -0.25) is 4.79 Å². The van der Waals surface area contributed by atoms with Crippen LogP contribution in [0.2, 0.25) is 0 Å². The Morgan fingerprint density at radius 1 is 1.26 bits per heavy atom. The van der Waals surface area contributed by atoms with Crippen LogP contribution in [0.3, 0.4) is 0 Å². The van der Waals surface area contributed by atoms with E-state index in [1.165, 1.54) is 0 Å². The normalized spacial score (nSPS) is 15.9. The van der Waals surface area contributed by atoms with Crippen LogP contribution < -0.4 is 10.1 Å². The summed E-state index contributed by atoms with van der Waals surface area (Å²) in [6.45, 7) is 2.92. The Morgan fingerprint density at radius 2 is 2.07 bits per heavy atom. The van der Waals surface area contributed by atoms with E-state index in [9.17, 15) is 4.79 Å². The van der Waals surface area contributed by atoms with Crippen LogP contribution in [-0.4, -0.2) is 22.6 Å². The van der Waals surface area contributed by atoms with E-state index >= 15 is 0 Å². The molecule has 0 bridgehead atoms. The predicted octanol–water partition coefficient (Wildman–Crippen LogP) is 3.72. The lowest BCUT2D eigenvalue weighted by molar-refractivity contribution is 0.00265. The van der Waals surface area contributed by atoms with Crippen LogP contribution in [0.15, 0.2) is 54.9 Å². The molecular formula is C21H21N3O3. The number of carbonyl (C=O) groups is 1. The predicted molar refractivity (Wildman–Crippen MR) is 102 cm³/mol. The zero-order chi connectivity index (χ0) is 18.8. The van der Waals surface area contributed by atoms with Gasteiger partial charge >= 0.3 is 0 Å². The monoisotopic (exact) mass is 363 g/mol. The van der Waals surface area contributed by atoms with E-state index in [1.807, 2.05) is 60.0 Å². The van der Waals surface area contributed by atoms with Crippen LogP contribution in [-0.2, 0) is 17.9 Å². The first-order valence-corrected chi connectivity index (χ1v) is 8.82. The first-order chi connectivity index (χ1) is 13.2.